The lowest BCUT2D eigenvalue weighted by Gasteiger charge is -2.05. The molecule has 0 spiro atoms. The lowest BCUT2D eigenvalue weighted by atomic mass is 10.5. The van der Waals surface area contributed by atoms with Gasteiger partial charge < -0.3 is 11.5 Å². The maximum atomic E-state index is 5.77. The molecule has 0 aliphatic rings. The van der Waals surface area contributed by atoms with Crippen LogP contribution in [0.15, 0.2) is 25.3 Å². The average Bonchev–Trinajstić information content (AvgIpc) is 3.07. The van der Waals surface area contributed by atoms with Crippen LogP contribution in [-0.2, 0) is 6.67 Å². The van der Waals surface area contributed by atoms with Gasteiger partial charge in [0.15, 0.2) is 22.9 Å². The Bertz CT molecular complexity index is 874. The zero-order valence-corrected chi connectivity index (χ0v) is 10.7. The van der Waals surface area contributed by atoms with E-state index in [1.165, 1.54) is 12.7 Å². The molecule has 4 aromatic rings. The summed E-state index contributed by atoms with van der Waals surface area (Å²) in [5.41, 5.74) is 14.0. The molecule has 4 N–H and O–H groups in total. The fourth-order valence-corrected chi connectivity index (χ4v) is 2.17. The van der Waals surface area contributed by atoms with E-state index in [9.17, 15) is 0 Å². The van der Waals surface area contributed by atoms with Crippen LogP contribution in [0.25, 0.3) is 22.3 Å². The van der Waals surface area contributed by atoms with Crippen LogP contribution >= 0.6 is 0 Å². The molecule has 0 aromatic carbocycles. The van der Waals surface area contributed by atoms with Gasteiger partial charge in [-0.25, -0.2) is 29.9 Å². The Hall–Kier alpha value is -3.30. The second kappa shape index (κ2) is 4.10. The molecular weight excluding hydrogens is 272 g/mol. The van der Waals surface area contributed by atoms with Crippen LogP contribution < -0.4 is 11.5 Å². The van der Waals surface area contributed by atoms with E-state index in [0.29, 0.717) is 40.6 Å². The maximum Gasteiger partial charge on any atom is 0.166 e. The highest BCUT2D eigenvalue weighted by Crippen LogP contribution is 2.17. The van der Waals surface area contributed by atoms with Gasteiger partial charge in [-0.05, 0) is 0 Å². The molecule has 0 bridgehead atoms. The summed E-state index contributed by atoms with van der Waals surface area (Å²) < 4.78 is 3.65. The molecule has 10 heteroatoms. The molecule has 10 nitrogen and oxygen atoms in total. The van der Waals surface area contributed by atoms with Crippen molar-refractivity contribution in [2.45, 2.75) is 6.67 Å². The first-order valence-electron chi connectivity index (χ1n) is 6.06. The Morgan fingerprint density at radius 3 is 1.67 bits per heavy atom. The lowest BCUT2D eigenvalue weighted by molar-refractivity contribution is 0.628. The zero-order valence-electron chi connectivity index (χ0n) is 10.7. The second-order valence-corrected chi connectivity index (χ2v) is 4.43. The second-order valence-electron chi connectivity index (χ2n) is 4.43. The van der Waals surface area contributed by atoms with Crippen molar-refractivity contribution in [3.8, 4) is 0 Å². The number of rotatable bonds is 2. The van der Waals surface area contributed by atoms with E-state index >= 15 is 0 Å². The predicted molar refractivity (Wildman–Crippen MR) is 74.9 cm³/mol. The molecular formula is C11H10N10. The van der Waals surface area contributed by atoms with Crippen LogP contribution in [-0.4, -0.2) is 39.0 Å². The normalized spacial score (nSPS) is 11.4. The zero-order chi connectivity index (χ0) is 14.4. The van der Waals surface area contributed by atoms with Crippen LogP contribution in [0.5, 0.6) is 0 Å². The van der Waals surface area contributed by atoms with Gasteiger partial charge >= 0.3 is 0 Å². The average molecular weight is 282 g/mol. The molecule has 0 amide bonds. The molecule has 4 rings (SSSR count). The van der Waals surface area contributed by atoms with Gasteiger partial charge in [0, 0.05) is 0 Å². The van der Waals surface area contributed by atoms with Crippen LogP contribution in [0.3, 0.4) is 0 Å². The number of fused-ring (bicyclic) bond motifs is 2. The molecule has 0 fully saturated rings. The molecule has 104 valence electrons. The van der Waals surface area contributed by atoms with E-state index in [1.54, 1.807) is 12.7 Å². The quantitative estimate of drug-likeness (QED) is 0.508. The van der Waals surface area contributed by atoms with Crippen molar-refractivity contribution in [2.75, 3.05) is 11.5 Å². The third-order valence-electron chi connectivity index (χ3n) is 3.16. The van der Waals surface area contributed by atoms with Gasteiger partial charge in [-0.15, -0.1) is 0 Å². The Morgan fingerprint density at radius 1 is 0.714 bits per heavy atom. The highest BCUT2D eigenvalue weighted by molar-refractivity contribution is 5.82. The minimum absolute atomic E-state index is 0.348. The third kappa shape index (κ3) is 1.65. The Morgan fingerprint density at radius 2 is 1.19 bits per heavy atom. The van der Waals surface area contributed by atoms with Crippen molar-refractivity contribution < 1.29 is 0 Å². The Balaban J connectivity index is 1.83. The number of anilines is 2. The van der Waals surface area contributed by atoms with E-state index in [2.05, 4.69) is 29.9 Å². The van der Waals surface area contributed by atoms with Gasteiger partial charge in [0.1, 0.15) is 30.4 Å². The number of nitrogen functional groups attached to an aromatic ring is 2. The minimum atomic E-state index is 0.348. The number of nitrogens with two attached hydrogens (primary N) is 2. The molecule has 0 aliphatic carbocycles. The predicted octanol–water partition coefficient (Wildman–Crippen LogP) is -0.364. The van der Waals surface area contributed by atoms with E-state index in [-0.39, 0.29) is 0 Å². The monoisotopic (exact) mass is 282 g/mol. The largest absolute Gasteiger partial charge is 0.382 e. The van der Waals surface area contributed by atoms with Crippen LogP contribution in [0.4, 0.5) is 11.6 Å². The highest BCUT2D eigenvalue weighted by atomic mass is 15.3. The summed E-state index contributed by atoms with van der Waals surface area (Å²) >= 11 is 0. The third-order valence-corrected chi connectivity index (χ3v) is 3.16. The minimum Gasteiger partial charge on any atom is -0.382 e. The summed E-state index contributed by atoms with van der Waals surface area (Å²) in [5, 5.41) is 0. The topological polar surface area (TPSA) is 139 Å². The first kappa shape index (κ1) is 11.5. The van der Waals surface area contributed by atoms with Crippen molar-refractivity contribution in [2.24, 2.45) is 0 Å². The maximum absolute atomic E-state index is 5.77. The summed E-state index contributed by atoms with van der Waals surface area (Å²) in [6, 6.07) is 0. The summed E-state index contributed by atoms with van der Waals surface area (Å²) in [7, 11) is 0. The number of aromatic nitrogens is 8. The molecule has 4 aromatic heterocycles. The molecule has 21 heavy (non-hydrogen) atoms. The first-order chi connectivity index (χ1) is 10.2. The Kier molecular flexibility index (Phi) is 2.25. The van der Waals surface area contributed by atoms with E-state index < -0.39 is 0 Å². The van der Waals surface area contributed by atoms with Crippen molar-refractivity contribution in [1.29, 1.82) is 0 Å². The fraction of sp³-hybridized carbons (Fsp3) is 0.0909. The van der Waals surface area contributed by atoms with Crippen LogP contribution in [0, 0.1) is 0 Å². The molecule has 0 saturated carbocycles. The number of imidazole rings is 2. The van der Waals surface area contributed by atoms with E-state index in [1.807, 2.05) is 9.13 Å². The molecule has 0 atom stereocenters. The fourth-order valence-electron chi connectivity index (χ4n) is 2.17. The SMILES string of the molecule is Nc1ncnc2c1ncn2Cn1cnc2c(N)ncnc21. The number of nitrogens with zero attached hydrogens (tertiary/aromatic N) is 8. The van der Waals surface area contributed by atoms with Gasteiger partial charge in [0.2, 0.25) is 0 Å². The van der Waals surface area contributed by atoms with E-state index in [0.717, 1.165) is 0 Å². The lowest BCUT2D eigenvalue weighted by Crippen LogP contribution is -2.08. The summed E-state index contributed by atoms with van der Waals surface area (Å²) in [4.78, 5) is 24.7. The molecule has 4 heterocycles. The summed E-state index contributed by atoms with van der Waals surface area (Å²) in [6.45, 7) is 0.430. The van der Waals surface area contributed by atoms with Crippen molar-refractivity contribution >= 4 is 34.0 Å². The van der Waals surface area contributed by atoms with Gasteiger partial charge in [-0.1, -0.05) is 0 Å². The number of hydrogen-bond acceptors (Lipinski definition) is 8. The highest BCUT2D eigenvalue weighted by Gasteiger charge is 2.11. The molecule has 0 saturated heterocycles. The summed E-state index contributed by atoms with van der Waals surface area (Å²) in [6.07, 6.45) is 6.10. The van der Waals surface area contributed by atoms with Crippen molar-refractivity contribution in [3.63, 3.8) is 0 Å². The standard InChI is InChI=1S/C11H10N10/c12-8-6-10(16-1-14-8)20(3-18-6)5-21-4-19-7-9(13)15-2-17-11(7)21/h1-4H,5H2,(H2,12,14,16)(H2,13,15,17). The van der Waals surface area contributed by atoms with Crippen molar-refractivity contribution in [3.05, 3.63) is 25.3 Å². The van der Waals surface area contributed by atoms with E-state index in [4.69, 9.17) is 11.5 Å². The first-order valence-corrected chi connectivity index (χ1v) is 6.06. The van der Waals surface area contributed by atoms with Gasteiger partial charge in [-0.2, -0.15) is 0 Å². The van der Waals surface area contributed by atoms with Crippen molar-refractivity contribution in [1.82, 2.24) is 39.0 Å². The number of hydrogen-bond donors (Lipinski definition) is 2. The van der Waals surface area contributed by atoms with Crippen LogP contribution in [0.1, 0.15) is 0 Å². The van der Waals surface area contributed by atoms with Crippen LogP contribution in [0.2, 0.25) is 0 Å². The summed E-state index contributed by atoms with van der Waals surface area (Å²) in [5.74, 6) is 0.696. The van der Waals surface area contributed by atoms with Gasteiger partial charge in [0.05, 0.1) is 12.7 Å². The molecule has 0 unspecified atom stereocenters. The Labute approximate surface area is 117 Å². The van der Waals surface area contributed by atoms with Gasteiger partial charge in [-0.3, -0.25) is 9.13 Å². The smallest absolute Gasteiger partial charge is 0.166 e. The molecule has 0 radical (unpaired) electrons. The van der Waals surface area contributed by atoms with Gasteiger partial charge in [0.25, 0.3) is 0 Å². The molecule has 0 aliphatic heterocycles.